The van der Waals surface area contributed by atoms with Crippen LogP contribution in [-0.2, 0) is 9.53 Å². The average Bonchev–Trinajstić information content (AvgIpc) is 2.21. The summed E-state index contributed by atoms with van der Waals surface area (Å²) in [4.78, 5) is 21.7. The van der Waals surface area contributed by atoms with E-state index < -0.39 is 12.0 Å². The first-order chi connectivity index (χ1) is 6.70. The summed E-state index contributed by atoms with van der Waals surface area (Å²) in [5.74, 6) is -0.630. The predicted octanol–water partition coefficient (Wildman–Crippen LogP) is 1.98. The largest absolute Gasteiger partial charge is 0.467 e. The SMILES string of the molecule is COC(=O)C(N=O)c1ccccc1C. The topological polar surface area (TPSA) is 55.7 Å². The van der Waals surface area contributed by atoms with Crippen LogP contribution in [-0.4, -0.2) is 13.1 Å². The first-order valence-electron chi connectivity index (χ1n) is 4.16. The van der Waals surface area contributed by atoms with Crippen LogP contribution in [0.4, 0.5) is 0 Å². The summed E-state index contributed by atoms with van der Waals surface area (Å²) in [6.07, 6.45) is 0. The third kappa shape index (κ3) is 1.96. The van der Waals surface area contributed by atoms with Crippen LogP contribution in [0.15, 0.2) is 29.4 Å². The predicted molar refractivity (Wildman–Crippen MR) is 51.7 cm³/mol. The molecular formula is C10H11NO3. The number of ether oxygens (including phenoxy) is 1. The van der Waals surface area contributed by atoms with Crippen molar-refractivity contribution in [3.05, 3.63) is 40.3 Å². The molecule has 0 heterocycles. The Kier molecular flexibility index (Phi) is 3.34. The Bertz CT molecular complexity index is 349. The van der Waals surface area contributed by atoms with Crippen molar-refractivity contribution in [2.75, 3.05) is 7.11 Å². The van der Waals surface area contributed by atoms with Gasteiger partial charge in [0.1, 0.15) is 0 Å². The smallest absolute Gasteiger partial charge is 0.338 e. The van der Waals surface area contributed by atoms with Crippen LogP contribution in [0.3, 0.4) is 0 Å². The number of hydrogen-bond acceptors (Lipinski definition) is 4. The molecule has 4 heteroatoms. The first-order valence-corrected chi connectivity index (χ1v) is 4.16. The number of benzene rings is 1. The quantitative estimate of drug-likeness (QED) is 0.544. The maximum atomic E-state index is 11.2. The number of methoxy groups -OCH3 is 1. The van der Waals surface area contributed by atoms with Gasteiger partial charge in [-0.05, 0) is 23.2 Å². The van der Waals surface area contributed by atoms with Gasteiger partial charge in [-0.15, -0.1) is 4.91 Å². The molecule has 14 heavy (non-hydrogen) atoms. The third-order valence-corrected chi connectivity index (χ3v) is 2.01. The van der Waals surface area contributed by atoms with Crippen molar-refractivity contribution in [1.82, 2.24) is 0 Å². The zero-order chi connectivity index (χ0) is 10.6. The first kappa shape index (κ1) is 10.4. The molecule has 0 aliphatic rings. The van der Waals surface area contributed by atoms with E-state index in [0.717, 1.165) is 5.56 Å². The lowest BCUT2D eigenvalue weighted by molar-refractivity contribution is -0.142. The van der Waals surface area contributed by atoms with Crippen molar-refractivity contribution in [2.24, 2.45) is 5.18 Å². The second-order valence-corrected chi connectivity index (χ2v) is 2.89. The molecule has 1 aromatic rings. The van der Waals surface area contributed by atoms with E-state index in [4.69, 9.17) is 0 Å². The number of nitroso groups, excluding NO2 is 1. The van der Waals surface area contributed by atoms with Crippen molar-refractivity contribution in [1.29, 1.82) is 0 Å². The van der Waals surface area contributed by atoms with Gasteiger partial charge in [0, 0.05) is 0 Å². The summed E-state index contributed by atoms with van der Waals surface area (Å²) in [6, 6.07) is 6.04. The highest BCUT2D eigenvalue weighted by atomic mass is 16.5. The summed E-state index contributed by atoms with van der Waals surface area (Å²) >= 11 is 0. The Labute approximate surface area is 81.9 Å². The van der Waals surface area contributed by atoms with Crippen molar-refractivity contribution < 1.29 is 9.53 Å². The molecule has 1 aromatic carbocycles. The third-order valence-electron chi connectivity index (χ3n) is 2.01. The van der Waals surface area contributed by atoms with Crippen molar-refractivity contribution in [2.45, 2.75) is 13.0 Å². The zero-order valence-electron chi connectivity index (χ0n) is 8.06. The monoisotopic (exact) mass is 193 g/mol. The minimum absolute atomic E-state index is 0.592. The fourth-order valence-electron chi connectivity index (χ4n) is 1.23. The molecule has 0 aliphatic heterocycles. The molecule has 74 valence electrons. The molecular weight excluding hydrogens is 182 g/mol. The van der Waals surface area contributed by atoms with Gasteiger partial charge in [-0.3, -0.25) is 0 Å². The fraction of sp³-hybridized carbons (Fsp3) is 0.300. The highest BCUT2D eigenvalue weighted by Crippen LogP contribution is 2.21. The number of nitrogens with zero attached hydrogens (tertiary/aromatic N) is 1. The van der Waals surface area contributed by atoms with Crippen LogP contribution in [0, 0.1) is 11.8 Å². The van der Waals surface area contributed by atoms with Gasteiger partial charge in [-0.2, -0.15) is 0 Å². The van der Waals surface area contributed by atoms with Gasteiger partial charge in [0.15, 0.2) is 0 Å². The summed E-state index contributed by atoms with van der Waals surface area (Å²) in [5.41, 5.74) is 1.44. The van der Waals surface area contributed by atoms with Gasteiger partial charge < -0.3 is 4.74 Å². The highest BCUT2D eigenvalue weighted by molar-refractivity contribution is 5.78. The van der Waals surface area contributed by atoms with Gasteiger partial charge in [0.05, 0.1) is 7.11 Å². The molecule has 0 N–H and O–H groups in total. The van der Waals surface area contributed by atoms with E-state index in [1.54, 1.807) is 12.1 Å². The van der Waals surface area contributed by atoms with Crippen LogP contribution in [0.25, 0.3) is 0 Å². The number of hydrogen-bond donors (Lipinski definition) is 0. The minimum Gasteiger partial charge on any atom is -0.467 e. The molecule has 0 bridgehead atoms. The Morgan fingerprint density at radius 2 is 2.07 bits per heavy atom. The summed E-state index contributed by atoms with van der Waals surface area (Å²) in [6.45, 7) is 1.82. The molecule has 1 rings (SSSR count). The summed E-state index contributed by atoms with van der Waals surface area (Å²) < 4.78 is 4.48. The van der Waals surface area contributed by atoms with E-state index >= 15 is 0 Å². The lowest BCUT2D eigenvalue weighted by atomic mass is 10.0. The van der Waals surface area contributed by atoms with Crippen LogP contribution in [0.5, 0.6) is 0 Å². The van der Waals surface area contributed by atoms with E-state index in [2.05, 4.69) is 9.91 Å². The molecule has 0 radical (unpaired) electrons. The lowest BCUT2D eigenvalue weighted by Crippen LogP contribution is -2.12. The molecule has 0 aromatic heterocycles. The Morgan fingerprint density at radius 3 is 2.57 bits per heavy atom. The van der Waals surface area contributed by atoms with Gasteiger partial charge in [0.25, 0.3) is 0 Å². The van der Waals surface area contributed by atoms with Gasteiger partial charge in [-0.1, -0.05) is 24.3 Å². The molecule has 0 amide bonds. The molecule has 0 saturated heterocycles. The normalized spacial score (nSPS) is 11.9. The van der Waals surface area contributed by atoms with E-state index in [0.29, 0.717) is 5.56 Å². The fourth-order valence-corrected chi connectivity index (χ4v) is 1.23. The second kappa shape index (κ2) is 4.50. The minimum atomic E-state index is -1.05. The summed E-state index contributed by atoms with van der Waals surface area (Å²) in [5, 5.41) is 2.77. The number of carbonyl (C=O) groups excluding carboxylic acids is 1. The van der Waals surface area contributed by atoms with Crippen molar-refractivity contribution >= 4 is 5.97 Å². The number of aryl methyl sites for hydroxylation is 1. The standard InChI is InChI=1S/C10H11NO3/c1-7-5-3-4-6-8(7)9(11-13)10(12)14-2/h3-6,9H,1-2H3. The highest BCUT2D eigenvalue weighted by Gasteiger charge is 2.23. The van der Waals surface area contributed by atoms with Gasteiger partial charge in [0.2, 0.25) is 6.04 Å². The van der Waals surface area contributed by atoms with E-state index in [9.17, 15) is 9.70 Å². The molecule has 1 atom stereocenters. The second-order valence-electron chi connectivity index (χ2n) is 2.89. The molecule has 0 spiro atoms. The Morgan fingerprint density at radius 1 is 1.43 bits per heavy atom. The molecule has 0 fully saturated rings. The van der Waals surface area contributed by atoms with Crippen LogP contribution in [0.1, 0.15) is 17.2 Å². The maximum absolute atomic E-state index is 11.2. The van der Waals surface area contributed by atoms with Crippen LogP contribution in [0.2, 0.25) is 0 Å². The molecule has 4 nitrogen and oxygen atoms in total. The van der Waals surface area contributed by atoms with Crippen molar-refractivity contribution in [3.63, 3.8) is 0 Å². The van der Waals surface area contributed by atoms with Crippen molar-refractivity contribution in [3.8, 4) is 0 Å². The summed E-state index contributed by atoms with van der Waals surface area (Å²) in [7, 11) is 1.23. The zero-order valence-corrected chi connectivity index (χ0v) is 8.06. The Hall–Kier alpha value is -1.71. The van der Waals surface area contributed by atoms with Gasteiger partial charge >= 0.3 is 5.97 Å². The van der Waals surface area contributed by atoms with Crippen LogP contribution >= 0.6 is 0 Å². The van der Waals surface area contributed by atoms with E-state index in [-0.39, 0.29) is 0 Å². The van der Waals surface area contributed by atoms with Crippen LogP contribution < -0.4 is 0 Å². The number of esters is 1. The number of carbonyl (C=O) groups is 1. The molecule has 1 unspecified atom stereocenters. The molecule has 0 saturated carbocycles. The van der Waals surface area contributed by atoms with E-state index in [1.165, 1.54) is 7.11 Å². The lowest BCUT2D eigenvalue weighted by Gasteiger charge is -2.09. The Balaban J connectivity index is 3.07. The molecule has 0 aliphatic carbocycles. The number of rotatable bonds is 3. The maximum Gasteiger partial charge on any atom is 0.338 e. The van der Waals surface area contributed by atoms with Gasteiger partial charge in [-0.25, -0.2) is 4.79 Å². The average molecular weight is 193 g/mol. The van der Waals surface area contributed by atoms with E-state index in [1.807, 2.05) is 19.1 Å².